The summed E-state index contributed by atoms with van der Waals surface area (Å²) in [5, 5.41) is 10.4. The lowest BCUT2D eigenvalue weighted by Crippen LogP contribution is -2.14. The summed E-state index contributed by atoms with van der Waals surface area (Å²) in [7, 11) is 5.43. The number of nitrogens with zero attached hydrogens (tertiary/aromatic N) is 2. The molecule has 0 saturated heterocycles. The van der Waals surface area contributed by atoms with E-state index in [0.29, 0.717) is 12.8 Å². The Kier molecular flexibility index (Phi) is 3.96. The van der Waals surface area contributed by atoms with Crippen LogP contribution in [0.4, 0.5) is 11.6 Å². The Balaban J connectivity index is 3.05. The van der Waals surface area contributed by atoms with Gasteiger partial charge in [0.25, 0.3) is 0 Å². The lowest BCUT2D eigenvalue weighted by molar-refractivity contribution is -0.107. The first-order valence-corrected chi connectivity index (χ1v) is 4.87. The highest BCUT2D eigenvalue weighted by molar-refractivity contribution is 5.61. The second-order valence-electron chi connectivity index (χ2n) is 3.02. The maximum absolute atomic E-state index is 10.4. The maximum atomic E-state index is 10.4. The minimum atomic E-state index is 0.499. The van der Waals surface area contributed by atoms with Crippen LogP contribution in [0.1, 0.15) is 12.0 Å². The number of rotatable bonds is 6. The molecule has 0 bridgehead atoms. The van der Waals surface area contributed by atoms with E-state index in [0.717, 1.165) is 23.5 Å². The van der Waals surface area contributed by atoms with Crippen molar-refractivity contribution in [2.24, 2.45) is 0 Å². The molecule has 0 amide bonds. The van der Waals surface area contributed by atoms with Crippen molar-refractivity contribution < 1.29 is 4.79 Å². The third kappa shape index (κ3) is 2.20. The van der Waals surface area contributed by atoms with Gasteiger partial charge in [-0.05, 0) is 6.42 Å². The molecule has 0 spiro atoms. The number of carbonyl (C=O) groups is 1. The van der Waals surface area contributed by atoms with Gasteiger partial charge in [0.05, 0.1) is 0 Å². The van der Waals surface area contributed by atoms with Crippen LogP contribution < -0.4 is 16.1 Å². The van der Waals surface area contributed by atoms with Crippen LogP contribution in [-0.4, -0.2) is 37.3 Å². The van der Waals surface area contributed by atoms with E-state index in [2.05, 4.69) is 21.2 Å². The van der Waals surface area contributed by atoms with Gasteiger partial charge in [0.2, 0.25) is 0 Å². The number of nitrogens with one attached hydrogen (secondary N) is 3. The molecule has 15 heavy (non-hydrogen) atoms. The van der Waals surface area contributed by atoms with Crippen LogP contribution in [-0.2, 0) is 11.2 Å². The fraction of sp³-hybridized carbons (Fsp3) is 0.556. The first-order valence-electron chi connectivity index (χ1n) is 4.87. The van der Waals surface area contributed by atoms with E-state index in [1.165, 1.54) is 0 Å². The Bertz CT molecular complexity index is 333. The average Bonchev–Trinajstić information content (AvgIpc) is 2.62. The standard InChI is InChI=1S/C9H17N5O/c1-10-8-7(5-4-6-15)9(11-2)14(12-3)13-8/h6,11-12H,4-5H2,1-3H3,(H,10,13). The summed E-state index contributed by atoms with van der Waals surface area (Å²) in [4.78, 5) is 12.0. The smallest absolute Gasteiger partial charge is 0.155 e. The molecule has 0 atom stereocenters. The van der Waals surface area contributed by atoms with Crippen molar-refractivity contribution in [3.63, 3.8) is 0 Å². The summed E-state index contributed by atoms with van der Waals surface area (Å²) < 4.78 is 0. The molecule has 6 nitrogen and oxygen atoms in total. The van der Waals surface area contributed by atoms with E-state index in [4.69, 9.17) is 0 Å². The fourth-order valence-electron chi connectivity index (χ4n) is 1.51. The van der Waals surface area contributed by atoms with Crippen molar-refractivity contribution in [3.8, 4) is 0 Å². The maximum Gasteiger partial charge on any atom is 0.155 e. The van der Waals surface area contributed by atoms with E-state index >= 15 is 0 Å². The molecule has 0 fully saturated rings. The number of anilines is 2. The summed E-state index contributed by atoms with van der Waals surface area (Å²) in [5.41, 5.74) is 3.95. The molecule has 6 heteroatoms. The van der Waals surface area contributed by atoms with Crippen LogP contribution in [0.25, 0.3) is 0 Å². The molecule has 0 aliphatic rings. The molecule has 0 aliphatic heterocycles. The second kappa shape index (κ2) is 5.23. The minimum absolute atomic E-state index is 0.499. The highest BCUT2D eigenvalue weighted by atomic mass is 16.1. The molecule has 84 valence electrons. The fourth-order valence-corrected chi connectivity index (χ4v) is 1.51. The molecule has 0 radical (unpaired) electrons. The van der Waals surface area contributed by atoms with E-state index in [1.807, 2.05) is 14.1 Å². The molecular weight excluding hydrogens is 194 g/mol. The minimum Gasteiger partial charge on any atom is -0.371 e. The van der Waals surface area contributed by atoms with Crippen molar-refractivity contribution >= 4 is 17.9 Å². The molecule has 0 unspecified atom stereocenters. The predicted octanol–water partition coefficient (Wildman–Crippen LogP) is 0.271. The quantitative estimate of drug-likeness (QED) is 0.589. The Morgan fingerprint density at radius 1 is 1.33 bits per heavy atom. The molecule has 3 N–H and O–H groups in total. The van der Waals surface area contributed by atoms with Gasteiger partial charge in [-0.2, -0.15) is 4.79 Å². The zero-order valence-electron chi connectivity index (χ0n) is 9.29. The second-order valence-corrected chi connectivity index (χ2v) is 3.02. The molecule has 1 rings (SSSR count). The van der Waals surface area contributed by atoms with Crippen LogP contribution in [0.15, 0.2) is 0 Å². The molecule has 0 aromatic carbocycles. The van der Waals surface area contributed by atoms with Gasteiger partial charge >= 0.3 is 0 Å². The van der Waals surface area contributed by atoms with Crippen molar-refractivity contribution in [2.45, 2.75) is 12.8 Å². The van der Waals surface area contributed by atoms with Crippen LogP contribution >= 0.6 is 0 Å². The molecule has 1 aromatic heterocycles. The largest absolute Gasteiger partial charge is 0.371 e. The van der Waals surface area contributed by atoms with Crippen LogP contribution in [0, 0.1) is 0 Å². The van der Waals surface area contributed by atoms with E-state index in [9.17, 15) is 4.79 Å². The van der Waals surface area contributed by atoms with Crippen molar-refractivity contribution in [3.05, 3.63) is 5.56 Å². The predicted molar refractivity (Wildman–Crippen MR) is 61.0 cm³/mol. The first-order chi connectivity index (χ1) is 7.28. The summed E-state index contributed by atoms with van der Waals surface area (Å²) in [6.45, 7) is 0. The van der Waals surface area contributed by atoms with Crippen LogP contribution in [0.5, 0.6) is 0 Å². The van der Waals surface area contributed by atoms with Crippen LogP contribution in [0.2, 0.25) is 0 Å². The summed E-state index contributed by atoms with van der Waals surface area (Å²) in [6, 6.07) is 0. The molecule has 1 heterocycles. The topological polar surface area (TPSA) is 71.0 Å². The van der Waals surface area contributed by atoms with Crippen molar-refractivity contribution in [1.29, 1.82) is 0 Å². The molecule has 0 saturated carbocycles. The SMILES string of the molecule is CNc1nn(NC)c(NC)c1CCC=O. The van der Waals surface area contributed by atoms with E-state index < -0.39 is 0 Å². The Morgan fingerprint density at radius 3 is 2.53 bits per heavy atom. The van der Waals surface area contributed by atoms with E-state index in [1.54, 1.807) is 11.8 Å². The van der Waals surface area contributed by atoms with Gasteiger partial charge in [0, 0.05) is 33.1 Å². The normalized spacial score (nSPS) is 9.80. The molecular formula is C9H17N5O. The van der Waals surface area contributed by atoms with Crippen molar-refractivity contribution in [2.75, 3.05) is 37.2 Å². The highest BCUT2D eigenvalue weighted by Crippen LogP contribution is 2.23. The zero-order chi connectivity index (χ0) is 11.3. The lowest BCUT2D eigenvalue weighted by Gasteiger charge is -2.06. The third-order valence-corrected chi connectivity index (χ3v) is 2.18. The van der Waals surface area contributed by atoms with Gasteiger partial charge in [0.15, 0.2) is 11.6 Å². The zero-order valence-corrected chi connectivity index (χ0v) is 9.29. The van der Waals surface area contributed by atoms with Gasteiger partial charge in [-0.25, -0.2) is 0 Å². The summed E-state index contributed by atoms with van der Waals surface area (Å²) >= 11 is 0. The monoisotopic (exact) mass is 211 g/mol. The lowest BCUT2D eigenvalue weighted by atomic mass is 10.2. The average molecular weight is 211 g/mol. The Labute approximate surface area is 89.0 Å². The van der Waals surface area contributed by atoms with Gasteiger partial charge < -0.3 is 20.9 Å². The van der Waals surface area contributed by atoms with Gasteiger partial charge in [0.1, 0.15) is 6.29 Å². The Hall–Kier alpha value is -1.72. The van der Waals surface area contributed by atoms with Gasteiger partial charge in [-0.15, -0.1) is 5.10 Å². The number of hydrogen-bond donors (Lipinski definition) is 3. The number of hydrogen-bond acceptors (Lipinski definition) is 5. The van der Waals surface area contributed by atoms with Crippen molar-refractivity contribution in [1.82, 2.24) is 9.89 Å². The Morgan fingerprint density at radius 2 is 2.07 bits per heavy atom. The molecule has 1 aromatic rings. The van der Waals surface area contributed by atoms with Gasteiger partial charge in [-0.1, -0.05) is 0 Å². The summed E-state index contributed by atoms with van der Waals surface area (Å²) in [6.07, 6.45) is 2.09. The highest BCUT2D eigenvalue weighted by Gasteiger charge is 2.14. The van der Waals surface area contributed by atoms with Crippen LogP contribution in [0.3, 0.4) is 0 Å². The molecule has 0 aliphatic carbocycles. The number of carbonyl (C=O) groups excluding carboxylic acids is 1. The van der Waals surface area contributed by atoms with E-state index in [-0.39, 0.29) is 0 Å². The third-order valence-electron chi connectivity index (χ3n) is 2.18. The summed E-state index contributed by atoms with van der Waals surface area (Å²) in [5.74, 6) is 1.67. The number of aromatic nitrogens is 2. The van der Waals surface area contributed by atoms with Gasteiger partial charge in [-0.3, -0.25) is 0 Å². The first kappa shape index (κ1) is 11.4. The number of aldehydes is 1.